The van der Waals surface area contributed by atoms with E-state index in [0.29, 0.717) is 11.4 Å². The number of urea groups is 1. The first-order chi connectivity index (χ1) is 18.2. The Labute approximate surface area is 227 Å². The van der Waals surface area contributed by atoms with E-state index in [-0.39, 0.29) is 42.1 Å². The highest BCUT2D eigenvalue weighted by atomic mass is 35.5. The van der Waals surface area contributed by atoms with Gasteiger partial charge >= 0.3 is 12.0 Å². The average molecular weight is 585 g/mol. The number of hydrogen-bond donors (Lipinski definition) is 3. The fourth-order valence-corrected chi connectivity index (χ4v) is 5.30. The molecule has 1 aromatic carbocycles. The number of aliphatic carboxylic acids is 1. The van der Waals surface area contributed by atoms with Crippen molar-refractivity contribution in [3.63, 3.8) is 0 Å². The van der Waals surface area contributed by atoms with Crippen molar-refractivity contribution in [2.45, 2.75) is 44.7 Å². The van der Waals surface area contributed by atoms with Gasteiger partial charge in [0.05, 0.1) is 17.7 Å². The number of hydrazine groups is 2. The number of halogens is 1. The summed E-state index contributed by atoms with van der Waals surface area (Å²) in [6.45, 7) is 1.58. The first-order valence-corrected chi connectivity index (χ1v) is 14.0. The molecule has 3 N–H and O–H groups in total. The number of nitrogens with one attached hydrogen (secondary N) is 2. The highest BCUT2D eigenvalue weighted by Gasteiger charge is 2.45. The van der Waals surface area contributed by atoms with Gasteiger partial charge in [0.1, 0.15) is 17.6 Å². The zero-order valence-corrected chi connectivity index (χ0v) is 22.4. The highest BCUT2D eigenvalue weighted by Crippen LogP contribution is 2.27. The van der Waals surface area contributed by atoms with Crippen LogP contribution < -0.4 is 10.1 Å². The van der Waals surface area contributed by atoms with Gasteiger partial charge in [-0.25, -0.2) is 33.2 Å². The van der Waals surface area contributed by atoms with Crippen molar-refractivity contribution in [1.82, 2.24) is 30.2 Å². The van der Waals surface area contributed by atoms with Gasteiger partial charge in [-0.05, 0) is 37.5 Å². The molecule has 17 heteroatoms. The molecule has 3 heterocycles. The van der Waals surface area contributed by atoms with Crippen molar-refractivity contribution in [3.8, 4) is 0 Å². The number of carboxylic acids is 1. The molecule has 0 spiro atoms. The van der Waals surface area contributed by atoms with Gasteiger partial charge in [-0.15, -0.1) is 4.83 Å². The Hall–Kier alpha value is -3.76. The monoisotopic (exact) mass is 584 g/mol. The van der Waals surface area contributed by atoms with E-state index in [1.54, 1.807) is 19.1 Å². The fraction of sp³-hybridized carbons (Fsp3) is 0.455. The molecule has 4 amide bonds. The van der Waals surface area contributed by atoms with E-state index in [1.165, 1.54) is 0 Å². The lowest BCUT2D eigenvalue weighted by molar-refractivity contribution is -0.155. The topological polar surface area (TPSA) is 200 Å². The molecule has 2 fully saturated rings. The molecule has 0 bridgehead atoms. The maximum Gasteiger partial charge on any atom is 0.354 e. The number of amides is 4. The number of aryl methyl sites for hydroxylation is 1. The second-order valence-electron chi connectivity index (χ2n) is 9.20. The summed E-state index contributed by atoms with van der Waals surface area (Å²) in [6.07, 6.45) is 0.154. The Morgan fingerprint density at radius 1 is 1.26 bits per heavy atom. The molecule has 4 rings (SSSR count). The van der Waals surface area contributed by atoms with Crippen LogP contribution in [-0.2, 0) is 24.4 Å². The van der Waals surface area contributed by atoms with E-state index in [4.69, 9.17) is 16.0 Å². The van der Waals surface area contributed by atoms with Crippen LogP contribution in [0, 0.1) is 6.92 Å². The second kappa shape index (κ2) is 10.8. The van der Waals surface area contributed by atoms with Crippen LogP contribution in [0.15, 0.2) is 16.5 Å². The predicted molar refractivity (Wildman–Crippen MR) is 134 cm³/mol. The average Bonchev–Trinajstić information content (AvgIpc) is 3.23. The lowest BCUT2D eigenvalue weighted by Crippen LogP contribution is -2.65. The largest absolute Gasteiger partial charge is 0.481 e. The van der Waals surface area contributed by atoms with Crippen LogP contribution in [0.3, 0.4) is 0 Å². The van der Waals surface area contributed by atoms with Crippen molar-refractivity contribution in [3.05, 3.63) is 28.6 Å². The minimum absolute atomic E-state index is 0.0554. The van der Waals surface area contributed by atoms with Crippen molar-refractivity contribution in [1.29, 1.82) is 0 Å². The van der Waals surface area contributed by atoms with Crippen LogP contribution in [0.1, 0.15) is 41.9 Å². The molecule has 2 aliphatic rings. The van der Waals surface area contributed by atoms with Gasteiger partial charge in [0.15, 0.2) is 5.58 Å². The molecule has 0 radical (unpaired) electrons. The van der Waals surface area contributed by atoms with Gasteiger partial charge in [-0.2, -0.15) is 0 Å². The molecular formula is C22H25ClN6O9S. The molecule has 2 aromatic rings. The van der Waals surface area contributed by atoms with Gasteiger partial charge in [-0.3, -0.25) is 19.2 Å². The summed E-state index contributed by atoms with van der Waals surface area (Å²) < 4.78 is 29.0. The first kappa shape index (κ1) is 28.3. The molecule has 0 saturated carbocycles. The van der Waals surface area contributed by atoms with E-state index in [9.17, 15) is 37.5 Å². The normalized spacial score (nSPS) is 19.1. The fourth-order valence-electron chi connectivity index (χ4n) is 4.43. The molecule has 210 valence electrons. The first-order valence-electron chi connectivity index (χ1n) is 11.8. The Morgan fingerprint density at radius 2 is 1.97 bits per heavy atom. The smallest absolute Gasteiger partial charge is 0.354 e. The number of Topliss-reactive ketones (excluding diaryl/α,β-unsaturated/α-hetero) is 1. The summed E-state index contributed by atoms with van der Waals surface area (Å²) in [5.74, 6) is -4.27. The molecule has 2 atom stereocenters. The van der Waals surface area contributed by atoms with E-state index >= 15 is 0 Å². The van der Waals surface area contributed by atoms with Crippen LogP contribution in [0.4, 0.5) is 4.79 Å². The standard InChI is InChI=1S/C22H25ClN6O9S/c1-11-8-12(23)19-14(9-11)25-21(38-19)18(33)13(10-17(31)32)24-20(34)15-4-3-6-28-16(30)5-7-27(22(35)29(15)28)26-39(2,36)37/h8-9,13,15,26H,3-7,10H2,1-2H3,(H,24,34)(H,31,32)/t13-,15-/m0/s1. The molecule has 0 unspecified atom stereocenters. The number of carbonyl (C=O) groups is 5. The number of nitrogens with zero attached hydrogens (tertiary/aromatic N) is 4. The van der Waals surface area contributed by atoms with Gasteiger partial charge in [-0.1, -0.05) is 11.6 Å². The van der Waals surface area contributed by atoms with E-state index in [1.807, 2.05) is 4.83 Å². The van der Waals surface area contributed by atoms with Crippen LogP contribution in [0.2, 0.25) is 5.02 Å². The SMILES string of the molecule is Cc1cc(Cl)c2oc(C(=O)[C@H](CC(=O)O)NC(=O)[C@@H]3CCCN4C(=O)CCN(NS(C)(=O)=O)C(=O)N34)nc2c1. The summed E-state index contributed by atoms with van der Waals surface area (Å²) in [5, 5.41) is 14.5. The van der Waals surface area contributed by atoms with Crippen molar-refractivity contribution < 1.29 is 41.9 Å². The Bertz CT molecular complexity index is 1480. The van der Waals surface area contributed by atoms with Gasteiger partial charge in [0.2, 0.25) is 27.6 Å². The number of carboxylic acid groups (broad SMARTS) is 1. The molecular weight excluding hydrogens is 560 g/mol. The summed E-state index contributed by atoms with van der Waals surface area (Å²) in [6, 6.07) is -0.753. The summed E-state index contributed by atoms with van der Waals surface area (Å²) in [4.78, 5) is 70.2. The van der Waals surface area contributed by atoms with E-state index in [0.717, 1.165) is 21.8 Å². The van der Waals surface area contributed by atoms with E-state index < -0.39 is 64.0 Å². The highest BCUT2D eigenvalue weighted by molar-refractivity contribution is 7.88. The van der Waals surface area contributed by atoms with Crippen LogP contribution >= 0.6 is 11.6 Å². The Kier molecular flexibility index (Phi) is 7.81. The van der Waals surface area contributed by atoms with Crippen molar-refractivity contribution in [2.24, 2.45) is 0 Å². The number of carbonyl (C=O) groups excluding carboxylic acids is 4. The summed E-state index contributed by atoms with van der Waals surface area (Å²) in [7, 11) is -3.90. The Morgan fingerprint density at radius 3 is 2.64 bits per heavy atom. The number of benzene rings is 1. The quantitative estimate of drug-likeness (QED) is 0.365. The second-order valence-corrected chi connectivity index (χ2v) is 11.3. The van der Waals surface area contributed by atoms with Crippen LogP contribution in [0.25, 0.3) is 11.1 Å². The zero-order chi connectivity index (χ0) is 28.6. The maximum atomic E-state index is 13.4. The third kappa shape index (κ3) is 6.12. The molecule has 1 aromatic heterocycles. The van der Waals surface area contributed by atoms with Crippen molar-refractivity contribution in [2.75, 3.05) is 19.3 Å². The van der Waals surface area contributed by atoms with Crippen LogP contribution in [0.5, 0.6) is 0 Å². The molecule has 2 saturated heterocycles. The zero-order valence-electron chi connectivity index (χ0n) is 20.8. The van der Waals surface area contributed by atoms with E-state index in [2.05, 4.69) is 10.3 Å². The van der Waals surface area contributed by atoms with Crippen LogP contribution in [-0.4, -0.2) is 94.6 Å². The Balaban J connectivity index is 1.62. The maximum absolute atomic E-state index is 13.4. The molecule has 2 aliphatic heterocycles. The molecule has 15 nitrogen and oxygen atoms in total. The number of fused-ring (bicyclic) bond motifs is 2. The summed E-state index contributed by atoms with van der Waals surface area (Å²) >= 11 is 6.16. The lowest BCUT2D eigenvalue weighted by atomic mass is 10.0. The molecule has 39 heavy (non-hydrogen) atoms. The minimum Gasteiger partial charge on any atom is -0.481 e. The third-order valence-electron chi connectivity index (χ3n) is 6.06. The minimum atomic E-state index is -3.90. The van der Waals surface area contributed by atoms with Crippen molar-refractivity contribution >= 4 is 62.3 Å². The summed E-state index contributed by atoms with van der Waals surface area (Å²) in [5.41, 5.74) is 1.12. The third-order valence-corrected chi connectivity index (χ3v) is 6.89. The number of ketones is 1. The van der Waals surface area contributed by atoms with Gasteiger partial charge < -0.3 is 14.8 Å². The number of oxazole rings is 1. The molecule has 0 aliphatic carbocycles. The number of aromatic nitrogens is 1. The number of rotatable bonds is 8. The number of hydrogen-bond acceptors (Lipinski definition) is 9. The van der Waals surface area contributed by atoms with Gasteiger partial charge in [0, 0.05) is 19.5 Å². The number of sulfonamides is 1. The predicted octanol–water partition coefficient (Wildman–Crippen LogP) is 0.430. The van der Waals surface area contributed by atoms with Gasteiger partial charge in [0.25, 0.3) is 5.89 Å². The lowest BCUT2D eigenvalue weighted by Gasteiger charge is -2.42.